The molecule has 2 nitrogen and oxygen atoms in total. The molecule has 2 rings (SSSR count). The third-order valence-electron chi connectivity index (χ3n) is 1.55. The van der Waals surface area contributed by atoms with E-state index < -0.39 is 5.82 Å². The molecule has 0 aliphatic heterocycles. The van der Waals surface area contributed by atoms with Gasteiger partial charge in [0.15, 0.2) is 11.0 Å². The number of aromatic amines is 1. The van der Waals surface area contributed by atoms with E-state index in [4.69, 9.17) is 23.2 Å². The summed E-state index contributed by atoms with van der Waals surface area (Å²) in [6, 6.07) is 1.56. The van der Waals surface area contributed by atoms with Gasteiger partial charge < -0.3 is 4.98 Å². The highest BCUT2D eigenvalue weighted by atomic mass is 35.5. The van der Waals surface area contributed by atoms with Crippen LogP contribution in [0, 0.1) is 5.82 Å². The minimum Gasteiger partial charge on any atom is -0.346 e. The van der Waals surface area contributed by atoms with E-state index in [2.05, 4.69) is 9.97 Å². The average Bonchev–Trinajstić information content (AvgIpc) is 2.48. The molecule has 0 spiro atoms. The van der Waals surface area contributed by atoms with Gasteiger partial charge in [0, 0.05) is 6.20 Å². The van der Waals surface area contributed by atoms with Gasteiger partial charge in [-0.1, -0.05) is 23.2 Å². The van der Waals surface area contributed by atoms with Gasteiger partial charge in [0.25, 0.3) is 0 Å². The summed E-state index contributed by atoms with van der Waals surface area (Å²) in [4.78, 5) is 6.57. The molecule has 0 atom stereocenters. The van der Waals surface area contributed by atoms with Crippen molar-refractivity contribution in [1.82, 2.24) is 9.97 Å². The van der Waals surface area contributed by atoms with Crippen LogP contribution in [0.2, 0.25) is 10.2 Å². The van der Waals surface area contributed by atoms with Crippen molar-refractivity contribution in [3.05, 3.63) is 28.3 Å². The van der Waals surface area contributed by atoms with Crippen molar-refractivity contribution in [3.63, 3.8) is 0 Å². The summed E-state index contributed by atoms with van der Waals surface area (Å²) < 4.78 is 13.2. The molecule has 62 valence electrons. The molecule has 1 N–H and O–H groups in total. The third-order valence-corrected chi connectivity index (χ3v) is 2.26. The number of hydrogen-bond acceptors (Lipinski definition) is 1. The Bertz CT molecular complexity index is 438. The molecule has 2 aromatic rings. The second-order valence-corrected chi connectivity index (χ2v) is 3.01. The lowest BCUT2D eigenvalue weighted by Crippen LogP contribution is -1.85. The fraction of sp³-hybridized carbons (Fsp3) is 0. The predicted molar refractivity (Wildman–Crippen MR) is 46.1 cm³/mol. The normalized spacial score (nSPS) is 10.9. The molecule has 0 aliphatic carbocycles. The van der Waals surface area contributed by atoms with Crippen molar-refractivity contribution in [2.24, 2.45) is 0 Å². The number of nitrogens with one attached hydrogen (secondary N) is 1. The number of nitrogens with zero attached hydrogens (tertiary/aromatic N) is 1. The molecule has 0 amide bonds. The smallest absolute Gasteiger partial charge is 0.155 e. The van der Waals surface area contributed by atoms with E-state index in [9.17, 15) is 4.39 Å². The van der Waals surface area contributed by atoms with Crippen LogP contribution >= 0.6 is 23.2 Å². The van der Waals surface area contributed by atoms with E-state index in [1.54, 1.807) is 12.3 Å². The molecule has 2 aromatic heterocycles. The number of halogens is 3. The number of hydrogen-bond donors (Lipinski definition) is 1. The topological polar surface area (TPSA) is 28.7 Å². The van der Waals surface area contributed by atoms with Gasteiger partial charge >= 0.3 is 0 Å². The molecular weight excluding hydrogens is 202 g/mol. The number of pyridine rings is 1. The summed E-state index contributed by atoms with van der Waals surface area (Å²) in [6.45, 7) is 0. The highest BCUT2D eigenvalue weighted by Crippen LogP contribution is 2.28. The summed E-state index contributed by atoms with van der Waals surface area (Å²) >= 11 is 11.1. The van der Waals surface area contributed by atoms with Gasteiger partial charge in [-0.05, 0) is 6.07 Å². The first-order chi connectivity index (χ1) is 5.70. The van der Waals surface area contributed by atoms with E-state index in [1.165, 1.54) is 0 Å². The lowest BCUT2D eigenvalue weighted by molar-refractivity contribution is 0.639. The molecule has 0 aromatic carbocycles. The van der Waals surface area contributed by atoms with Crippen LogP contribution in [0.3, 0.4) is 0 Å². The number of fused-ring (bicyclic) bond motifs is 1. The van der Waals surface area contributed by atoms with Gasteiger partial charge in [0.05, 0.1) is 5.39 Å². The Hall–Kier alpha value is -0.800. The quantitative estimate of drug-likeness (QED) is 0.658. The zero-order chi connectivity index (χ0) is 8.72. The van der Waals surface area contributed by atoms with Crippen molar-refractivity contribution in [3.8, 4) is 0 Å². The maximum atomic E-state index is 13.2. The van der Waals surface area contributed by atoms with E-state index in [0.717, 1.165) is 0 Å². The Balaban J connectivity index is 2.94. The fourth-order valence-corrected chi connectivity index (χ4v) is 1.30. The zero-order valence-electron chi connectivity index (χ0n) is 5.74. The maximum Gasteiger partial charge on any atom is 0.155 e. The molecular formula is C7H3Cl2FN2. The summed E-state index contributed by atoms with van der Waals surface area (Å²) in [5.41, 5.74) is 0.405. The molecule has 0 fully saturated rings. The second-order valence-electron chi connectivity index (χ2n) is 2.27. The van der Waals surface area contributed by atoms with Crippen LogP contribution in [0.5, 0.6) is 0 Å². The van der Waals surface area contributed by atoms with Crippen molar-refractivity contribution in [2.45, 2.75) is 0 Å². The molecule has 0 saturated heterocycles. The summed E-state index contributed by atoms with van der Waals surface area (Å²) in [6.07, 6.45) is 1.58. The van der Waals surface area contributed by atoms with Gasteiger partial charge in [0.1, 0.15) is 10.7 Å². The number of H-pyrrole nitrogens is 1. The van der Waals surface area contributed by atoms with Gasteiger partial charge in [-0.3, -0.25) is 0 Å². The van der Waals surface area contributed by atoms with Crippen LogP contribution in [0.1, 0.15) is 0 Å². The van der Waals surface area contributed by atoms with Crippen molar-refractivity contribution in [1.29, 1.82) is 0 Å². The van der Waals surface area contributed by atoms with Gasteiger partial charge in [-0.15, -0.1) is 0 Å². The van der Waals surface area contributed by atoms with Crippen LogP contribution in [0.25, 0.3) is 11.0 Å². The van der Waals surface area contributed by atoms with Crippen LogP contribution in [-0.4, -0.2) is 9.97 Å². The first kappa shape index (κ1) is 7.83. The van der Waals surface area contributed by atoms with Crippen LogP contribution in [0.15, 0.2) is 12.3 Å². The van der Waals surface area contributed by atoms with Crippen LogP contribution in [0.4, 0.5) is 4.39 Å². The zero-order valence-corrected chi connectivity index (χ0v) is 7.25. The monoisotopic (exact) mass is 204 g/mol. The molecule has 5 heteroatoms. The molecule has 0 radical (unpaired) electrons. The minimum atomic E-state index is -0.534. The first-order valence-corrected chi connectivity index (χ1v) is 3.93. The SMILES string of the molecule is Fc1c(Cl)c(Cl)nc2[nH]ccc12. The van der Waals surface area contributed by atoms with Crippen molar-refractivity contribution < 1.29 is 4.39 Å². The van der Waals surface area contributed by atoms with E-state index >= 15 is 0 Å². The molecule has 2 heterocycles. The predicted octanol–water partition coefficient (Wildman–Crippen LogP) is 3.01. The van der Waals surface area contributed by atoms with E-state index in [-0.39, 0.29) is 10.2 Å². The Kier molecular flexibility index (Phi) is 1.70. The highest BCUT2D eigenvalue weighted by Gasteiger charge is 2.11. The molecule has 0 unspecified atom stereocenters. The van der Waals surface area contributed by atoms with Crippen molar-refractivity contribution >= 4 is 34.2 Å². The Morgan fingerprint density at radius 1 is 1.42 bits per heavy atom. The summed E-state index contributed by atoms with van der Waals surface area (Å²) in [7, 11) is 0. The largest absolute Gasteiger partial charge is 0.346 e. The molecule has 0 saturated carbocycles. The van der Waals surface area contributed by atoms with E-state index in [1.807, 2.05) is 0 Å². The Labute approximate surface area is 77.3 Å². The standard InChI is InChI=1S/C7H3Cl2FN2/c8-4-5(10)3-1-2-11-7(3)12-6(4)9/h1-2H,(H,11,12). The molecule has 0 bridgehead atoms. The highest BCUT2D eigenvalue weighted by molar-refractivity contribution is 6.41. The van der Waals surface area contributed by atoms with Crippen molar-refractivity contribution in [2.75, 3.05) is 0 Å². The summed E-state index contributed by atoms with van der Waals surface area (Å²) in [5, 5.41) is 0.192. The summed E-state index contributed by atoms with van der Waals surface area (Å²) in [5.74, 6) is -0.534. The fourth-order valence-electron chi connectivity index (χ4n) is 0.986. The first-order valence-electron chi connectivity index (χ1n) is 3.17. The average molecular weight is 205 g/mol. The number of aromatic nitrogens is 2. The minimum absolute atomic E-state index is 0.0240. The Morgan fingerprint density at radius 2 is 2.17 bits per heavy atom. The Morgan fingerprint density at radius 3 is 2.92 bits per heavy atom. The van der Waals surface area contributed by atoms with E-state index in [0.29, 0.717) is 11.0 Å². The van der Waals surface area contributed by atoms with Crippen LogP contribution in [-0.2, 0) is 0 Å². The van der Waals surface area contributed by atoms with Gasteiger partial charge in [-0.25, -0.2) is 9.37 Å². The van der Waals surface area contributed by atoms with Gasteiger partial charge in [-0.2, -0.15) is 0 Å². The molecule has 0 aliphatic rings. The maximum absolute atomic E-state index is 13.2. The molecule has 12 heavy (non-hydrogen) atoms. The lowest BCUT2D eigenvalue weighted by atomic mass is 10.3. The number of rotatable bonds is 0. The van der Waals surface area contributed by atoms with Crippen LogP contribution < -0.4 is 0 Å². The lowest BCUT2D eigenvalue weighted by Gasteiger charge is -1.97. The second kappa shape index (κ2) is 2.61. The van der Waals surface area contributed by atoms with Gasteiger partial charge in [0.2, 0.25) is 0 Å². The third kappa shape index (κ3) is 0.974.